The van der Waals surface area contributed by atoms with E-state index in [1.54, 1.807) is 18.2 Å². The number of amides is 1. The third-order valence-electron chi connectivity index (χ3n) is 2.62. The number of nitrogens with one attached hydrogen (secondary N) is 1. The van der Waals surface area contributed by atoms with Crippen molar-refractivity contribution in [2.45, 2.75) is 0 Å². The van der Waals surface area contributed by atoms with Crippen molar-refractivity contribution < 1.29 is 24.5 Å². The zero-order valence-electron chi connectivity index (χ0n) is 10.9. The number of ether oxygens (including phenoxy) is 1. The molecule has 0 atom stereocenters. The zero-order valence-corrected chi connectivity index (χ0v) is 10.9. The molecule has 0 heterocycles. The standard InChI is InChI=1S/C15H13NO5/c17-12-6-1-2-7-13(12)21-9-14(18)16-11-5-3-4-10(8-11)15(19)20/h1-8,17H,9H2,(H,16,18)(H,19,20). The van der Waals surface area contributed by atoms with Crippen molar-refractivity contribution in [3.8, 4) is 11.5 Å². The molecule has 108 valence electrons. The Kier molecular flexibility index (Phi) is 4.40. The van der Waals surface area contributed by atoms with Crippen LogP contribution in [0, 0.1) is 0 Å². The number of carboxylic acids is 1. The molecule has 0 saturated heterocycles. The highest BCUT2D eigenvalue weighted by Crippen LogP contribution is 2.24. The average molecular weight is 287 g/mol. The van der Waals surface area contributed by atoms with Gasteiger partial charge in [0.25, 0.3) is 5.91 Å². The average Bonchev–Trinajstić information content (AvgIpc) is 2.46. The number of phenols is 1. The number of hydrogen-bond acceptors (Lipinski definition) is 4. The van der Waals surface area contributed by atoms with Crippen LogP contribution in [0.15, 0.2) is 48.5 Å². The molecule has 0 aliphatic heterocycles. The highest BCUT2D eigenvalue weighted by molar-refractivity contribution is 5.94. The number of benzene rings is 2. The number of phenolic OH excluding ortho intramolecular Hbond substituents is 1. The second-order valence-electron chi connectivity index (χ2n) is 4.19. The largest absolute Gasteiger partial charge is 0.504 e. The first-order chi connectivity index (χ1) is 10.1. The Hall–Kier alpha value is -3.02. The number of carboxylic acid groups (broad SMARTS) is 1. The molecular formula is C15H13NO5. The van der Waals surface area contributed by atoms with E-state index < -0.39 is 11.9 Å². The summed E-state index contributed by atoms with van der Waals surface area (Å²) in [6.07, 6.45) is 0. The molecule has 0 radical (unpaired) electrons. The minimum Gasteiger partial charge on any atom is -0.504 e. The molecular weight excluding hydrogens is 274 g/mol. The molecule has 2 aromatic carbocycles. The third-order valence-corrected chi connectivity index (χ3v) is 2.62. The summed E-state index contributed by atoms with van der Waals surface area (Å²) >= 11 is 0. The van der Waals surface area contributed by atoms with Crippen molar-refractivity contribution in [2.75, 3.05) is 11.9 Å². The Morgan fingerprint density at radius 3 is 2.57 bits per heavy atom. The second kappa shape index (κ2) is 6.42. The maximum Gasteiger partial charge on any atom is 0.335 e. The quantitative estimate of drug-likeness (QED) is 0.782. The molecule has 0 bridgehead atoms. The summed E-state index contributed by atoms with van der Waals surface area (Å²) in [5.41, 5.74) is 0.440. The molecule has 2 rings (SSSR count). The van der Waals surface area contributed by atoms with Gasteiger partial charge < -0.3 is 20.3 Å². The van der Waals surface area contributed by atoms with Gasteiger partial charge in [-0.3, -0.25) is 4.79 Å². The molecule has 1 amide bonds. The van der Waals surface area contributed by atoms with Gasteiger partial charge in [-0.25, -0.2) is 4.79 Å². The van der Waals surface area contributed by atoms with Crippen molar-refractivity contribution in [2.24, 2.45) is 0 Å². The summed E-state index contributed by atoms with van der Waals surface area (Å²) in [5.74, 6) is -1.39. The lowest BCUT2D eigenvalue weighted by molar-refractivity contribution is -0.118. The van der Waals surface area contributed by atoms with Gasteiger partial charge in [-0.15, -0.1) is 0 Å². The van der Waals surface area contributed by atoms with Crippen molar-refractivity contribution in [1.82, 2.24) is 0 Å². The van der Waals surface area contributed by atoms with Crippen LogP contribution in [0.3, 0.4) is 0 Å². The highest BCUT2D eigenvalue weighted by Gasteiger charge is 2.08. The first kappa shape index (κ1) is 14.4. The number of carbonyl (C=O) groups is 2. The summed E-state index contributed by atoms with van der Waals surface area (Å²) in [6, 6.07) is 12.2. The molecule has 2 aromatic rings. The van der Waals surface area contributed by atoms with Gasteiger partial charge in [-0.2, -0.15) is 0 Å². The minimum atomic E-state index is -1.07. The molecule has 6 nitrogen and oxygen atoms in total. The van der Waals surface area contributed by atoms with Crippen molar-refractivity contribution in [1.29, 1.82) is 0 Å². The van der Waals surface area contributed by atoms with Gasteiger partial charge in [0, 0.05) is 5.69 Å². The van der Waals surface area contributed by atoms with Crippen LogP contribution in [-0.4, -0.2) is 28.7 Å². The maximum atomic E-state index is 11.7. The van der Waals surface area contributed by atoms with E-state index in [1.807, 2.05) is 0 Å². The van der Waals surface area contributed by atoms with E-state index >= 15 is 0 Å². The van der Waals surface area contributed by atoms with E-state index in [-0.39, 0.29) is 23.7 Å². The molecule has 0 spiro atoms. The van der Waals surface area contributed by atoms with Crippen LogP contribution in [0.5, 0.6) is 11.5 Å². The lowest BCUT2D eigenvalue weighted by Crippen LogP contribution is -2.20. The molecule has 0 fully saturated rings. The highest BCUT2D eigenvalue weighted by atomic mass is 16.5. The maximum absolute atomic E-state index is 11.7. The summed E-state index contributed by atoms with van der Waals surface area (Å²) in [5, 5.41) is 20.9. The van der Waals surface area contributed by atoms with Gasteiger partial charge in [0.15, 0.2) is 18.1 Å². The fraction of sp³-hybridized carbons (Fsp3) is 0.0667. The van der Waals surface area contributed by atoms with E-state index in [1.165, 1.54) is 30.3 Å². The molecule has 0 aromatic heterocycles. The van der Waals surface area contributed by atoms with Crippen LogP contribution < -0.4 is 10.1 Å². The van der Waals surface area contributed by atoms with Crippen LogP contribution >= 0.6 is 0 Å². The lowest BCUT2D eigenvalue weighted by atomic mass is 10.2. The third kappa shape index (κ3) is 3.97. The monoisotopic (exact) mass is 287 g/mol. The fourth-order valence-electron chi connectivity index (χ4n) is 1.65. The number of aromatic hydroxyl groups is 1. The van der Waals surface area contributed by atoms with Crippen LogP contribution in [0.2, 0.25) is 0 Å². The Bertz CT molecular complexity index is 669. The van der Waals surface area contributed by atoms with Gasteiger partial charge in [-0.1, -0.05) is 18.2 Å². The van der Waals surface area contributed by atoms with Crippen molar-refractivity contribution >= 4 is 17.6 Å². The molecule has 0 aliphatic rings. The number of anilines is 1. The van der Waals surface area contributed by atoms with E-state index in [9.17, 15) is 14.7 Å². The predicted molar refractivity (Wildman–Crippen MR) is 75.6 cm³/mol. The van der Waals surface area contributed by atoms with Crippen molar-refractivity contribution in [3.05, 3.63) is 54.1 Å². The molecule has 0 saturated carbocycles. The summed E-state index contributed by atoms with van der Waals surface area (Å²) in [7, 11) is 0. The second-order valence-corrected chi connectivity index (χ2v) is 4.19. The Morgan fingerprint density at radius 2 is 1.86 bits per heavy atom. The molecule has 21 heavy (non-hydrogen) atoms. The predicted octanol–water partition coefficient (Wildman–Crippen LogP) is 2.11. The molecule has 0 unspecified atom stereocenters. The number of rotatable bonds is 5. The first-order valence-corrected chi connectivity index (χ1v) is 6.10. The Labute approximate surface area is 120 Å². The Balaban J connectivity index is 1.95. The van der Waals surface area contributed by atoms with Crippen LogP contribution in [0.1, 0.15) is 10.4 Å². The van der Waals surface area contributed by atoms with E-state index in [0.717, 1.165) is 0 Å². The first-order valence-electron chi connectivity index (χ1n) is 6.10. The van der Waals surface area contributed by atoms with E-state index in [4.69, 9.17) is 9.84 Å². The lowest BCUT2D eigenvalue weighted by Gasteiger charge is -2.09. The minimum absolute atomic E-state index is 0.0572. The fourth-order valence-corrected chi connectivity index (χ4v) is 1.65. The van der Waals surface area contributed by atoms with Gasteiger partial charge in [0.05, 0.1) is 5.56 Å². The molecule has 6 heteroatoms. The number of aromatic carboxylic acids is 1. The van der Waals surface area contributed by atoms with Crippen LogP contribution in [0.25, 0.3) is 0 Å². The summed E-state index contributed by atoms with van der Waals surface area (Å²) in [4.78, 5) is 22.5. The topological polar surface area (TPSA) is 95.9 Å². The van der Waals surface area contributed by atoms with Gasteiger partial charge in [0.2, 0.25) is 0 Å². The van der Waals surface area contributed by atoms with Crippen LogP contribution in [-0.2, 0) is 4.79 Å². The molecule has 0 aliphatic carbocycles. The summed E-state index contributed by atoms with van der Waals surface area (Å²) in [6.45, 7) is -0.297. The van der Waals surface area contributed by atoms with Gasteiger partial charge in [0.1, 0.15) is 0 Å². The smallest absolute Gasteiger partial charge is 0.335 e. The Morgan fingerprint density at radius 1 is 1.10 bits per heavy atom. The van der Waals surface area contributed by atoms with Gasteiger partial charge in [-0.05, 0) is 30.3 Å². The van der Waals surface area contributed by atoms with Crippen molar-refractivity contribution in [3.63, 3.8) is 0 Å². The number of carbonyl (C=O) groups excluding carboxylic acids is 1. The van der Waals surface area contributed by atoms with Gasteiger partial charge >= 0.3 is 5.97 Å². The SMILES string of the molecule is O=C(COc1ccccc1O)Nc1cccc(C(=O)O)c1. The van der Waals surface area contributed by atoms with E-state index in [0.29, 0.717) is 5.69 Å². The van der Waals surface area contributed by atoms with Crippen LogP contribution in [0.4, 0.5) is 5.69 Å². The zero-order chi connectivity index (χ0) is 15.2. The number of para-hydroxylation sites is 2. The summed E-state index contributed by atoms with van der Waals surface area (Å²) < 4.78 is 5.17. The molecule has 3 N–H and O–H groups in total. The number of hydrogen-bond donors (Lipinski definition) is 3. The van der Waals surface area contributed by atoms with E-state index in [2.05, 4.69) is 5.32 Å². The normalized spacial score (nSPS) is 9.90.